The number of ether oxygens (including phenoxy) is 1. The van der Waals surface area contributed by atoms with Gasteiger partial charge in [-0.3, -0.25) is 14.6 Å². The summed E-state index contributed by atoms with van der Waals surface area (Å²) in [5.41, 5.74) is 10.3. The van der Waals surface area contributed by atoms with E-state index in [-0.39, 0.29) is 11.9 Å². The van der Waals surface area contributed by atoms with Gasteiger partial charge in [0.2, 0.25) is 6.41 Å². The maximum Gasteiger partial charge on any atom is 0.207 e. The van der Waals surface area contributed by atoms with Gasteiger partial charge in [0.15, 0.2) is 5.82 Å². The molecule has 3 heterocycles. The van der Waals surface area contributed by atoms with Crippen LogP contribution in [0.5, 0.6) is 0 Å². The molecular formula is C32H42FN9O3. The Kier molecular flexibility index (Phi) is 15.5. The quantitative estimate of drug-likeness (QED) is 0.0952. The monoisotopic (exact) mass is 619 g/mol. The van der Waals surface area contributed by atoms with Crippen molar-refractivity contribution in [3.05, 3.63) is 84.3 Å². The number of nitrogens with one attached hydrogen (secondary N) is 2. The summed E-state index contributed by atoms with van der Waals surface area (Å²) in [6.07, 6.45) is 10.4. The third-order valence-corrected chi connectivity index (χ3v) is 6.33. The van der Waals surface area contributed by atoms with Crippen molar-refractivity contribution in [2.75, 3.05) is 63.6 Å². The molecule has 1 aliphatic rings. The predicted octanol–water partition coefficient (Wildman–Crippen LogP) is 3.25. The molecule has 4 aromatic rings. The van der Waals surface area contributed by atoms with Gasteiger partial charge in [-0.25, -0.2) is 19.9 Å². The van der Waals surface area contributed by atoms with Gasteiger partial charge in [0.25, 0.3) is 0 Å². The third-order valence-electron chi connectivity index (χ3n) is 6.33. The van der Waals surface area contributed by atoms with E-state index in [0.717, 1.165) is 41.4 Å². The number of methoxy groups -OCH3 is 1. The van der Waals surface area contributed by atoms with Crippen molar-refractivity contribution in [1.29, 1.82) is 0 Å². The Labute approximate surface area is 264 Å². The van der Waals surface area contributed by atoms with Crippen molar-refractivity contribution in [1.82, 2.24) is 25.1 Å². The number of nitrogens with zero attached hydrogens (tertiary/aromatic N) is 5. The number of hydroxylamine groups is 2. The van der Waals surface area contributed by atoms with Crippen molar-refractivity contribution in [3.8, 4) is 29.8 Å². The Hall–Kier alpha value is -5.00. The second-order valence-corrected chi connectivity index (χ2v) is 9.52. The number of carbonyl (C=O) groups excluding carboxylic acids is 1. The second-order valence-electron chi connectivity index (χ2n) is 9.52. The van der Waals surface area contributed by atoms with Crippen LogP contribution in [-0.2, 0) is 14.4 Å². The van der Waals surface area contributed by atoms with Crippen molar-refractivity contribution in [2.24, 2.45) is 5.84 Å². The van der Waals surface area contributed by atoms with Crippen LogP contribution in [0.15, 0.2) is 72.9 Å². The smallest absolute Gasteiger partial charge is 0.207 e. The van der Waals surface area contributed by atoms with Crippen LogP contribution in [0.1, 0.15) is 5.56 Å². The molecule has 240 valence electrons. The Morgan fingerprint density at radius 3 is 2.33 bits per heavy atom. The first-order chi connectivity index (χ1) is 21.8. The summed E-state index contributed by atoms with van der Waals surface area (Å²) in [5.74, 6) is 7.00. The Morgan fingerprint density at radius 2 is 1.82 bits per heavy atom. The van der Waals surface area contributed by atoms with Gasteiger partial charge in [-0.05, 0) is 37.3 Å². The molecule has 0 unspecified atom stereocenters. The Bertz CT molecular complexity index is 1450. The SMILES string of the molecule is C#C.CNc1c(C)c(-c2cnc(N(C)N)c(N)c2)nn1-c1ccccc1.COCCN1C[C@@H](NC=O)CO1.Fc1ccccc1. The van der Waals surface area contributed by atoms with Crippen molar-refractivity contribution in [3.63, 3.8) is 0 Å². The molecule has 0 radical (unpaired) electrons. The number of nitrogens with two attached hydrogens (primary N) is 2. The van der Waals surface area contributed by atoms with E-state index in [1.807, 2.05) is 55.1 Å². The maximum absolute atomic E-state index is 11.9. The molecule has 0 aliphatic carbocycles. The minimum Gasteiger partial charge on any atom is -0.396 e. The molecular weight excluding hydrogens is 577 g/mol. The Balaban J connectivity index is 0.000000277. The number of para-hydroxylation sites is 1. The van der Waals surface area contributed by atoms with E-state index in [2.05, 4.69) is 28.5 Å². The molecule has 0 spiro atoms. The van der Waals surface area contributed by atoms with Crippen LogP contribution in [0, 0.1) is 25.6 Å². The fourth-order valence-corrected chi connectivity index (χ4v) is 4.23. The number of halogens is 1. The average molecular weight is 620 g/mol. The topological polar surface area (TPSA) is 149 Å². The lowest BCUT2D eigenvalue weighted by Crippen LogP contribution is -2.33. The molecule has 1 fully saturated rings. The first-order valence-corrected chi connectivity index (χ1v) is 14.0. The third kappa shape index (κ3) is 10.9. The maximum atomic E-state index is 11.9. The van der Waals surface area contributed by atoms with Crippen LogP contribution in [-0.4, -0.2) is 79.8 Å². The van der Waals surface area contributed by atoms with Gasteiger partial charge in [-0.2, -0.15) is 10.2 Å². The number of amides is 1. The fraction of sp³-hybridized carbons (Fsp3) is 0.281. The number of hydrogen-bond acceptors (Lipinski definition) is 10. The van der Waals surface area contributed by atoms with E-state index in [1.165, 1.54) is 17.1 Å². The first kappa shape index (κ1) is 36.2. The summed E-state index contributed by atoms with van der Waals surface area (Å²) in [6.45, 7) is 4.71. The predicted molar refractivity (Wildman–Crippen MR) is 177 cm³/mol. The lowest BCUT2D eigenvalue weighted by molar-refractivity contribution is -0.118. The molecule has 6 N–H and O–H groups in total. The van der Waals surface area contributed by atoms with Gasteiger partial charge >= 0.3 is 0 Å². The van der Waals surface area contributed by atoms with Gasteiger partial charge in [-0.1, -0.05) is 36.4 Å². The molecule has 1 amide bonds. The summed E-state index contributed by atoms with van der Waals surface area (Å²) < 4.78 is 18.7. The van der Waals surface area contributed by atoms with E-state index in [4.69, 9.17) is 26.2 Å². The van der Waals surface area contributed by atoms with Crippen LogP contribution < -0.4 is 27.2 Å². The van der Waals surface area contributed by atoms with E-state index < -0.39 is 0 Å². The number of rotatable bonds is 9. The van der Waals surface area contributed by atoms with Gasteiger partial charge < -0.3 is 21.1 Å². The van der Waals surface area contributed by atoms with Gasteiger partial charge in [0.1, 0.15) is 11.6 Å². The van der Waals surface area contributed by atoms with Crippen LogP contribution in [0.4, 0.5) is 21.7 Å². The van der Waals surface area contributed by atoms with Crippen LogP contribution in [0.3, 0.4) is 0 Å². The van der Waals surface area contributed by atoms with Crippen LogP contribution >= 0.6 is 0 Å². The first-order valence-electron chi connectivity index (χ1n) is 14.0. The zero-order valence-corrected chi connectivity index (χ0v) is 26.1. The second kappa shape index (κ2) is 19.3. The lowest BCUT2D eigenvalue weighted by atomic mass is 10.1. The minimum absolute atomic E-state index is 0.124. The standard InChI is InChI=1S/C17H21N7.C7H14N2O3.C6H5F.C2H2/c1-11-15(12-9-14(18)17(21-10-12)23(3)19)22-24(16(11)20-2)13-7-5-4-6-8-13;1-11-3-2-9-4-7(5-12-9)8-6-10;7-6-4-2-1-3-5-6;1-2/h4-10,20H,18-19H2,1-3H3;6-7H,2-5H2,1H3,(H,8,10);1-5H;1-2H/t;7-;;/m.1../s1. The highest BCUT2D eigenvalue weighted by molar-refractivity contribution is 5.75. The number of anilines is 3. The number of carbonyl (C=O) groups is 1. The number of hydrogen-bond donors (Lipinski definition) is 4. The fourth-order valence-electron chi connectivity index (χ4n) is 4.23. The number of hydrazine groups is 1. The molecule has 12 nitrogen and oxygen atoms in total. The van der Waals surface area contributed by atoms with E-state index >= 15 is 0 Å². The van der Waals surface area contributed by atoms with Crippen LogP contribution in [0.25, 0.3) is 16.9 Å². The lowest BCUT2D eigenvalue weighted by Gasteiger charge is -2.13. The van der Waals surface area contributed by atoms with Crippen molar-refractivity contribution in [2.45, 2.75) is 13.0 Å². The molecule has 1 saturated heterocycles. The normalized spacial score (nSPS) is 13.6. The van der Waals surface area contributed by atoms with Crippen LogP contribution in [0.2, 0.25) is 0 Å². The molecule has 5 rings (SSSR count). The highest BCUT2D eigenvalue weighted by Crippen LogP contribution is 2.32. The zero-order chi connectivity index (χ0) is 33.2. The molecule has 1 atom stereocenters. The average Bonchev–Trinajstić information content (AvgIpc) is 3.65. The van der Waals surface area contributed by atoms with Gasteiger partial charge in [0.05, 0.1) is 36.3 Å². The summed E-state index contributed by atoms with van der Waals surface area (Å²) >= 11 is 0. The summed E-state index contributed by atoms with van der Waals surface area (Å²) in [5, 5.41) is 13.8. The summed E-state index contributed by atoms with van der Waals surface area (Å²) in [7, 11) is 5.23. The van der Waals surface area contributed by atoms with E-state index in [0.29, 0.717) is 31.1 Å². The van der Waals surface area contributed by atoms with E-state index in [9.17, 15) is 9.18 Å². The molecule has 1 aliphatic heterocycles. The number of terminal acetylenes is 1. The van der Waals surface area contributed by atoms with Gasteiger partial charge in [0, 0.05) is 51.6 Å². The van der Waals surface area contributed by atoms with Crippen molar-refractivity contribution < 1.29 is 18.8 Å². The molecule has 0 saturated carbocycles. The Morgan fingerprint density at radius 1 is 1.18 bits per heavy atom. The van der Waals surface area contributed by atoms with Crippen molar-refractivity contribution >= 4 is 23.7 Å². The number of nitrogen functional groups attached to an aromatic ring is 1. The zero-order valence-electron chi connectivity index (χ0n) is 26.1. The minimum atomic E-state index is -0.178. The highest BCUT2D eigenvalue weighted by Gasteiger charge is 2.22. The summed E-state index contributed by atoms with van der Waals surface area (Å²) in [4.78, 5) is 19.7. The van der Waals surface area contributed by atoms with E-state index in [1.54, 1.807) is 43.6 Å². The highest BCUT2D eigenvalue weighted by atomic mass is 19.1. The molecule has 13 heteroatoms. The number of pyridine rings is 1. The van der Waals surface area contributed by atoms with Gasteiger partial charge in [-0.15, -0.1) is 12.8 Å². The molecule has 0 bridgehead atoms. The number of aromatic nitrogens is 3. The number of benzene rings is 2. The molecule has 2 aromatic heterocycles. The largest absolute Gasteiger partial charge is 0.396 e. The summed E-state index contributed by atoms with van der Waals surface area (Å²) in [6, 6.07) is 19.9. The molecule has 45 heavy (non-hydrogen) atoms. The molecule has 2 aromatic carbocycles.